The van der Waals surface area contributed by atoms with Gasteiger partial charge in [0.05, 0.1) is 0 Å². The Labute approximate surface area is 49.5 Å². The van der Waals surface area contributed by atoms with Crippen LogP contribution in [-0.2, 0) is 4.79 Å². The highest BCUT2D eigenvalue weighted by molar-refractivity contribution is 5.71. The minimum atomic E-state index is -0.972. The van der Waals surface area contributed by atoms with Crippen molar-refractivity contribution >= 4 is 5.97 Å². The summed E-state index contributed by atoms with van der Waals surface area (Å²) >= 11 is 0. The molecule has 2 heteroatoms. The fourth-order valence-electron chi connectivity index (χ4n) is 0.144. The smallest absolute Gasteiger partial charge is 0.0470 e. The summed E-state index contributed by atoms with van der Waals surface area (Å²) in [6, 6.07) is 0. The predicted molar refractivity (Wildman–Crippen MR) is 29.1 cm³/mol. The van der Waals surface area contributed by atoms with E-state index >= 15 is 0 Å². The van der Waals surface area contributed by atoms with Gasteiger partial charge in [-0.3, -0.25) is 0 Å². The van der Waals surface area contributed by atoms with Gasteiger partial charge in [-0.15, -0.1) is 0 Å². The van der Waals surface area contributed by atoms with Crippen molar-refractivity contribution < 1.29 is 9.90 Å². The van der Waals surface area contributed by atoms with E-state index in [1.807, 2.05) is 6.92 Å². The molecular formula is C6H11O2-. The van der Waals surface area contributed by atoms with Crippen molar-refractivity contribution in [2.24, 2.45) is 5.41 Å². The number of hydrogen-bond acceptors (Lipinski definition) is 2. The van der Waals surface area contributed by atoms with Crippen LogP contribution in [0, 0.1) is 5.41 Å². The molecule has 0 saturated heterocycles. The van der Waals surface area contributed by atoms with E-state index in [9.17, 15) is 9.90 Å². The van der Waals surface area contributed by atoms with Gasteiger partial charge < -0.3 is 9.90 Å². The zero-order valence-corrected chi connectivity index (χ0v) is 5.52. The molecule has 0 rings (SSSR count). The van der Waals surface area contributed by atoms with Gasteiger partial charge in [-0.05, 0) is 6.42 Å². The van der Waals surface area contributed by atoms with Crippen LogP contribution in [0.5, 0.6) is 0 Å². The zero-order chi connectivity index (χ0) is 6.78. The van der Waals surface area contributed by atoms with Gasteiger partial charge >= 0.3 is 0 Å². The van der Waals surface area contributed by atoms with Gasteiger partial charge in [0.2, 0.25) is 0 Å². The monoisotopic (exact) mass is 115 g/mol. The van der Waals surface area contributed by atoms with Gasteiger partial charge in [-0.25, -0.2) is 0 Å². The lowest BCUT2D eigenvalue weighted by Gasteiger charge is -2.22. The Balaban J connectivity index is 3.91. The van der Waals surface area contributed by atoms with Crippen molar-refractivity contribution in [3.8, 4) is 0 Å². The molecule has 0 bridgehead atoms. The largest absolute Gasteiger partial charge is 0.550 e. The number of aliphatic carboxylic acids is 1. The molecule has 0 aliphatic heterocycles. The highest BCUT2D eigenvalue weighted by Gasteiger charge is 2.14. The Morgan fingerprint density at radius 2 is 2.00 bits per heavy atom. The third-order valence-electron chi connectivity index (χ3n) is 1.44. The lowest BCUT2D eigenvalue weighted by Crippen LogP contribution is -2.37. The molecule has 0 aliphatic carbocycles. The normalized spacial score (nSPS) is 11.4. The van der Waals surface area contributed by atoms with E-state index in [0.29, 0.717) is 6.42 Å². The first-order valence-electron chi connectivity index (χ1n) is 2.72. The van der Waals surface area contributed by atoms with Gasteiger partial charge in [0, 0.05) is 11.4 Å². The molecule has 0 unspecified atom stereocenters. The molecule has 0 heterocycles. The van der Waals surface area contributed by atoms with E-state index in [4.69, 9.17) is 0 Å². The van der Waals surface area contributed by atoms with Crippen LogP contribution in [0.25, 0.3) is 0 Å². The first-order chi connectivity index (χ1) is 3.50. The highest BCUT2D eigenvalue weighted by atomic mass is 16.4. The average Bonchev–Trinajstić information content (AvgIpc) is 1.67. The zero-order valence-electron chi connectivity index (χ0n) is 5.52. The van der Waals surface area contributed by atoms with Crippen LogP contribution in [0.4, 0.5) is 0 Å². The molecule has 0 saturated carbocycles. The molecule has 8 heavy (non-hydrogen) atoms. The molecule has 0 aromatic rings. The Morgan fingerprint density at radius 1 is 1.62 bits per heavy atom. The third kappa shape index (κ3) is 1.52. The van der Waals surface area contributed by atoms with Crippen molar-refractivity contribution in [1.82, 2.24) is 0 Å². The molecule has 48 valence electrons. The summed E-state index contributed by atoms with van der Waals surface area (Å²) in [6.45, 7) is 5.14. The fraction of sp³-hybridized carbons (Fsp3) is 0.833. The quantitative estimate of drug-likeness (QED) is 0.514. The molecule has 0 aromatic heterocycles. The Bertz CT molecular complexity index is 94.7. The second-order valence-electron chi connectivity index (χ2n) is 2.52. The first-order valence-corrected chi connectivity index (χ1v) is 2.72. The van der Waals surface area contributed by atoms with Crippen LogP contribution in [0.1, 0.15) is 27.2 Å². The van der Waals surface area contributed by atoms with Crippen LogP contribution < -0.4 is 5.11 Å². The van der Waals surface area contributed by atoms with Crippen molar-refractivity contribution in [2.45, 2.75) is 27.2 Å². The van der Waals surface area contributed by atoms with Crippen LogP contribution in [-0.4, -0.2) is 5.97 Å². The molecule has 0 amide bonds. The molecule has 2 nitrogen and oxygen atoms in total. The standard InChI is InChI=1S/C6H12O2/c1-4-6(2,3)5(7)8/h4H2,1-3H3,(H,7,8)/p-1. The minimum Gasteiger partial charge on any atom is -0.550 e. The summed E-state index contributed by atoms with van der Waals surface area (Å²) in [7, 11) is 0. The molecule has 0 aromatic carbocycles. The topological polar surface area (TPSA) is 40.1 Å². The van der Waals surface area contributed by atoms with E-state index in [1.54, 1.807) is 13.8 Å². The van der Waals surface area contributed by atoms with Gasteiger partial charge in [0.15, 0.2) is 0 Å². The minimum absolute atomic E-state index is 0.620. The van der Waals surface area contributed by atoms with E-state index < -0.39 is 11.4 Å². The average molecular weight is 115 g/mol. The Morgan fingerprint density at radius 3 is 2.00 bits per heavy atom. The van der Waals surface area contributed by atoms with Crippen molar-refractivity contribution in [3.05, 3.63) is 0 Å². The summed E-state index contributed by atoms with van der Waals surface area (Å²) in [4.78, 5) is 10.1. The third-order valence-corrected chi connectivity index (χ3v) is 1.44. The van der Waals surface area contributed by atoms with Gasteiger partial charge in [0.1, 0.15) is 0 Å². The molecule has 0 fully saturated rings. The molecule has 0 atom stereocenters. The molecular weight excluding hydrogens is 104 g/mol. The van der Waals surface area contributed by atoms with E-state index in [2.05, 4.69) is 0 Å². The predicted octanol–water partition coefficient (Wildman–Crippen LogP) is 0.172. The van der Waals surface area contributed by atoms with Crippen molar-refractivity contribution in [2.75, 3.05) is 0 Å². The number of carbonyl (C=O) groups is 1. The SMILES string of the molecule is CCC(C)(C)C(=O)[O-]. The maximum absolute atomic E-state index is 10.1. The van der Waals surface area contributed by atoms with Gasteiger partial charge in [-0.2, -0.15) is 0 Å². The number of rotatable bonds is 2. The maximum atomic E-state index is 10.1. The number of carboxylic acid groups (broad SMARTS) is 1. The highest BCUT2D eigenvalue weighted by Crippen LogP contribution is 2.17. The van der Waals surface area contributed by atoms with Gasteiger partial charge in [-0.1, -0.05) is 20.8 Å². The summed E-state index contributed by atoms with van der Waals surface area (Å²) in [5.41, 5.74) is -0.653. The Kier molecular flexibility index (Phi) is 2.02. The van der Waals surface area contributed by atoms with Crippen LogP contribution in [0.2, 0.25) is 0 Å². The summed E-state index contributed by atoms with van der Waals surface area (Å²) in [5.74, 6) is -0.972. The maximum Gasteiger partial charge on any atom is 0.0470 e. The second kappa shape index (κ2) is 2.16. The van der Waals surface area contributed by atoms with Gasteiger partial charge in [0.25, 0.3) is 0 Å². The lowest BCUT2D eigenvalue weighted by atomic mass is 9.91. The van der Waals surface area contributed by atoms with Crippen LogP contribution in [0.3, 0.4) is 0 Å². The van der Waals surface area contributed by atoms with E-state index in [-0.39, 0.29) is 0 Å². The Hall–Kier alpha value is -0.530. The second-order valence-corrected chi connectivity index (χ2v) is 2.52. The lowest BCUT2D eigenvalue weighted by molar-refractivity contribution is -0.317. The summed E-state index contributed by atoms with van der Waals surface area (Å²) in [5, 5.41) is 10.1. The van der Waals surface area contributed by atoms with Crippen LogP contribution >= 0.6 is 0 Å². The number of carboxylic acids is 1. The summed E-state index contributed by atoms with van der Waals surface area (Å²) in [6.07, 6.45) is 0.620. The first kappa shape index (κ1) is 7.47. The number of hydrogen-bond donors (Lipinski definition) is 0. The fourth-order valence-corrected chi connectivity index (χ4v) is 0.144. The van der Waals surface area contributed by atoms with E-state index in [1.165, 1.54) is 0 Å². The number of carbonyl (C=O) groups excluding carboxylic acids is 1. The molecule has 0 spiro atoms. The molecule has 0 N–H and O–H groups in total. The van der Waals surface area contributed by atoms with Crippen LogP contribution in [0.15, 0.2) is 0 Å². The summed E-state index contributed by atoms with van der Waals surface area (Å²) < 4.78 is 0. The molecule has 0 aliphatic rings. The molecule has 0 radical (unpaired) electrons. The van der Waals surface area contributed by atoms with E-state index in [0.717, 1.165) is 0 Å². The van der Waals surface area contributed by atoms with Crippen molar-refractivity contribution in [1.29, 1.82) is 0 Å². The van der Waals surface area contributed by atoms with Crippen molar-refractivity contribution in [3.63, 3.8) is 0 Å².